The number of hydrogen-bond donors (Lipinski definition) is 1. The van der Waals surface area contributed by atoms with Crippen LogP contribution in [-0.2, 0) is 0 Å². The summed E-state index contributed by atoms with van der Waals surface area (Å²) in [5.74, 6) is 1.36. The second-order valence-electron chi connectivity index (χ2n) is 7.58. The van der Waals surface area contributed by atoms with E-state index in [1.54, 1.807) is 0 Å². The maximum Gasteiger partial charge on any atom is 0.121 e. The second-order valence-corrected chi connectivity index (χ2v) is 7.58. The van der Waals surface area contributed by atoms with Crippen molar-refractivity contribution in [1.29, 1.82) is 0 Å². The molecule has 1 N–H and O–H groups in total. The van der Waals surface area contributed by atoms with Crippen LogP contribution < -0.4 is 10.1 Å². The molecule has 3 heteroatoms. The summed E-state index contributed by atoms with van der Waals surface area (Å²) >= 11 is 0. The van der Waals surface area contributed by atoms with E-state index in [1.807, 2.05) is 0 Å². The van der Waals surface area contributed by atoms with Crippen LogP contribution in [0.3, 0.4) is 0 Å². The van der Waals surface area contributed by atoms with E-state index < -0.39 is 0 Å². The molecule has 24 heavy (non-hydrogen) atoms. The maximum atomic E-state index is 5.91. The zero-order valence-electron chi connectivity index (χ0n) is 15.2. The molecule has 0 amide bonds. The topological polar surface area (TPSA) is 24.5 Å². The maximum absolute atomic E-state index is 5.91. The van der Waals surface area contributed by atoms with Crippen molar-refractivity contribution in [2.24, 2.45) is 0 Å². The van der Waals surface area contributed by atoms with Crippen molar-refractivity contribution in [3.63, 3.8) is 0 Å². The van der Waals surface area contributed by atoms with Gasteiger partial charge in [-0.1, -0.05) is 36.4 Å². The molecule has 0 fully saturated rings. The van der Waals surface area contributed by atoms with Gasteiger partial charge in [0.05, 0.1) is 0 Å². The zero-order valence-corrected chi connectivity index (χ0v) is 15.2. The quantitative estimate of drug-likeness (QED) is 0.885. The Hall–Kier alpha value is -2.00. The Morgan fingerprint density at radius 2 is 1.88 bits per heavy atom. The van der Waals surface area contributed by atoms with Crippen LogP contribution in [0, 0.1) is 0 Å². The highest BCUT2D eigenvalue weighted by Crippen LogP contribution is 2.43. The van der Waals surface area contributed by atoms with Gasteiger partial charge in [-0.05, 0) is 51.6 Å². The van der Waals surface area contributed by atoms with E-state index in [4.69, 9.17) is 4.74 Å². The van der Waals surface area contributed by atoms with Gasteiger partial charge < -0.3 is 15.0 Å². The molecule has 0 aromatic heterocycles. The lowest BCUT2D eigenvalue weighted by Crippen LogP contribution is -2.37. The van der Waals surface area contributed by atoms with E-state index in [-0.39, 0.29) is 5.54 Å². The van der Waals surface area contributed by atoms with Crippen LogP contribution in [0.25, 0.3) is 0 Å². The summed E-state index contributed by atoms with van der Waals surface area (Å²) in [4.78, 5) is 2.13. The van der Waals surface area contributed by atoms with E-state index in [2.05, 4.69) is 86.7 Å². The summed E-state index contributed by atoms with van der Waals surface area (Å²) in [7, 11) is 4.12. The fourth-order valence-electron chi connectivity index (χ4n) is 3.40. The van der Waals surface area contributed by atoms with Gasteiger partial charge in [-0.25, -0.2) is 0 Å². The van der Waals surface area contributed by atoms with Crippen molar-refractivity contribution in [1.82, 2.24) is 4.90 Å². The predicted octanol–water partition coefficient (Wildman–Crippen LogP) is 4.35. The van der Waals surface area contributed by atoms with E-state index >= 15 is 0 Å². The number of nitrogens with zero attached hydrogens (tertiary/aromatic N) is 1. The van der Waals surface area contributed by atoms with Crippen molar-refractivity contribution in [2.45, 2.75) is 31.7 Å². The third-order valence-electron chi connectivity index (χ3n) is 4.60. The van der Waals surface area contributed by atoms with Gasteiger partial charge in [0, 0.05) is 29.8 Å². The lowest BCUT2D eigenvalue weighted by atomic mass is 9.77. The number of hydrogen-bond acceptors (Lipinski definition) is 3. The van der Waals surface area contributed by atoms with Gasteiger partial charge in [0.1, 0.15) is 12.4 Å². The molecular formula is C21H28N2O. The largest absolute Gasteiger partial charge is 0.492 e. The second kappa shape index (κ2) is 6.86. The highest BCUT2D eigenvalue weighted by atomic mass is 16.5. The Morgan fingerprint density at radius 3 is 2.58 bits per heavy atom. The minimum absolute atomic E-state index is 0.0652. The average molecular weight is 324 g/mol. The number of benzene rings is 2. The summed E-state index contributed by atoms with van der Waals surface area (Å²) in [6, 6.07) is 17.3. The minimum Gasteiger partial charge on any atom is -0.492 e. The van der Waals surface area contributed by atoms with Crippen molar-refractivity contribution in [3.05, 3.63) is 59.7 Å². The van der Waals surface area contributed by atoms with E-state index in [9.17, 15) is 0 Å². The third-order valence-corrected chi connectivity index (χ3v) is 4.60. The number of fused-ring (bicyclic) bond motifs is 1. The highest BCUT2D eigenvalue weighted by molar-refractivity contribution is 5.62. The smallest absolute Gasteiger partial charge is 0.121 e. The molecule has 3 nitrogen and oxygen atoms in total. The van der Waals surface area contributed by atoms with Gasteiger partial charge in [-0.3, -0.25) is 0 Å². The average Bonchev–Trinajstić information content (AvgIpc) is 2.53. The van der Waals surface area contributed by atoms with Crippen molar-refractivity contribution in [2.75, 3.05) is 32.6 Å². The van der Waals surface area contributed by atoms with Gasteiger partial charge >= 0.3 is 0 Å². The molecule has 1 unspecified atom stereocenters. The number of anilines is 1. The first-order valence-corrected chi connectivity index (χ1v) is 8.69. The first kappa shape index (κ1) is 16.8. The number of rotatable bonds is 5. The highest BCUT2D eigenvalue weighted by Gasteiger charge is 2.32. The lowest BCUT2D eigenvalue weighted by molar-refractivity contribution is 0.261. The standard InChI is InChI=1S/C21H28N2O/c1-21(2)15-19(16-8-6-5-7-9-16)18-11-10-17(14-20(18)22-21)24-13-12-23(3)4/h5-11,14,19,22H,12-13,15H2,1-4H3. The Morgan fingerprint density at radius 1 is 1.12 bits per heavy atom. The number of ether oxygens (including phenoxy) is 1. The Kier molecular flexibility index (Phi) is 4.81. The minimum atomic E-state index is 0.0652. The number of likely N-dealkylation sites (N-methyl/N-ethyl adjacent to an activating group) is 1. The zero-order chi connectivity index (χ0) is 17.2. The predicted molar refractivity (Wildman–Crippen MR) is 101 cm³/mol. The van der Waals surface area contributed by atoms with Crippen LogP contribution in [0.1, 0.15) is 37.3 Å². The SMILES string of the molecule is CN(C)CCOc1ccc2c(c1)NC(C)(C)CC2c1ccccc1. The van der Waals surface area contributed by atoms with Crippen molar-refractivity contribution < 1.29 is 4.74 Å². The Balaban J connectivity index is 1.87. The molecule has 0 saturated carbocycles. The molecule has 128 valence electrons. The monoisotopic (exact) mass is 324 g/mol. The van der Waals surface area contributed by atoms with Gasteiger partial charge in [0.25, 0.3) is 0 Å². The molecule has 1 atom stereocenters. The Labute approximate surface area is 145 Å². The molecule has 0 saturated heterocycles. The van der Waals surface area contributed by atoms with E-state index in [0.717, 1.165) is 18.7 Å². The third kappa shape index (κ3) is 3.90. The first-order chi connectivity index (χ1) is 11.4. The molecular weight excluding hydrogens is 296 g/mol. The molecule has 0 bridgehead atoms. The molecule has 3 rings (SSSR count). The molecule has 2 aromatic carbocycles. The number of nitrogens with one attached hydrogen (secondary N) is 1. The molecule has 1 heterocycles. The molecule has 0 spiro atoms. The summed E-state index contributed by atoms with van der Waals surface area (Å²) in [5, 5.41) is 3.69. The van der Waals surface area contributed by atoms with Gasteiger partial charge in [-0.2, -0.15) is 0 Å². The summed E-state index contributed by atoms with van der Waals surface area (Å²) < 4.78 is 5.91. The molecule has 1 aliphatic rings. The van der Waals surface area contributed by atoms with Gasteiger partial charge in [0.2, 0.25) is 0 Å². The normalized spacial score (nSPS) is 18.8. The first-order valence-electron chi connectivity index (χ1n) is 8.69. The van der Waals surface area contributed by atoms with Crippen LogP contribution in [0.15, 0.2) is 48.5 Å². The van der Waals surface area contributed by atoms with Gasteiger partial charge in [-0.15, -0.1) is 0 Å². The van der Waals surface area contributed by atoms with Gasteiger partial charge in [0.15, 0.2) is 0 Å². The summed E-state index contributed by atoms with van der Waals surface area (Å²) in [6.07, 6.45) is 1.09. The van der Waals surface area contributed by atoms with Crippen molar-refractivity contribution >= 4 is 5.69 Å². The molecule has 0 radical (unpaired) electrons. The fourth-order valence-corrected chi connectivity index (χ4v) is 3.40. The van der Waals surface area contributed by atoms with E-state index in [0.29, 0.717) is 12.5 Å². The van der Waals surface area contributed by atoms with Crippen LogP contribution in [0.4, 0.5) is 5.69 Å². The van der Waals surface area contributed by atoms with Crippen LogP contribution in [-0.4, -0.2) is 37.7 Å². The molecule has 2 aromatic rings. The van der Waals surface area contributed by atoms with Crippen molar-refractivity contribution in [3.8, 4) is 5.75 Å². The van der Waals surface area contributed by atoms with Crippen LogP contribution >= 0.6 is 0 Å². The van der Waals surface area contributed by atoms with E-state index in [1.165, 1.54) is 16.8 Å². The Bertz CT molecular complexity index is 679. The van der Waals surface area contributed by atoms with Crippen LogP contribution in [0.2, 0.25) is 0 Å². The lowest BCUT2D eigenvalue weighted by Gasteiger charge is -2.39. The molecule has 1 aliphatic heterocycles. The fraction of sp³-hybridized carbons (Fsp3) is 0.429. The summed E-state index contributed by atoms with van der Waals surface area (Å²) in [6.45, 7) is 6.16. The summed E-state index contributed by atoms with van der Waals surface area (Å²) in [5.41, 5.74) is 4.01. The van der Waals surface area contributed by atoms with Crippen LogP contribution in [0.5, 0.6) is 5.75 Å². The molecule has 0 aliphatic carbocycles.